The molecule has 0 radical (unpaired) electrons. The van der Waals surface area contributed by atoms with Crippen molar-refractivity contribution in [3.8, 4) is 0 Å². The van der Waals surface area contributed by atoms with Crippen LogP contribution in [0, 0.1) is 19.7 Å². The van der Waals surface area contributed by atoms with E-state index in [1.807, 2.05) is 36.9 Å². The zero-order valence-electron chi connectivity index (χ0n) is 17.7. The topological polar surface area (TPSA) is 79.0 Å². The van der Waals surface area contributed by atoms with Crippen molar-refractivity contribution >= 4 is 23.5 Å². The van der Waals surface area contributed by atoms with Gasteiger partial charge in [-0.2, -0.15) is 0 Å². The van der Waals surface area contributed by atoms with E-state index in [0.29, 0.717) is 26.2 Å². The summed E-state index contributed by atoms with van der Waals surface area (Å²) in [5.74, 6) is -2.00. The molecule has 1 fully saturated rings. The maximum Gasteiger partial charge on any atom is 0.341 e. The average molecular weight is 427 g/mol. The van der Waals surface area contributed by atoms with Crippen LogP contribution in [0.5, 0.6) is 0 Å². The van der Waals surface area contributed by atoms with Gasteiger partial charge in [0.25, 0.3) is 5.91 Å². The Hall–Kier alpha value is -3.26. The summed E-state index contributed by atoms with van der Waals surface area (Å²) in [6.07, 6.45) is 0. The Morgan fingerprint density at radius 1 is 0.968 bits per heavy atom. The molecular formula is C23H26FN3O4. The summed E-state index contributed by atoms with van der Waals surface area (Å²) >= 11 is 0. The number of carbonyl (C=O) groups is 3. The minimum absolute atomic E-state index is 0.101. The first kappa shape index (κ1) is 22.4. The second-order valence-corrected chi connectivity index (χ2v) is 7.53. The quantitative estimate of drug-likeness (QED) is 0.717. The zero-order valence-corrected chi connectivity index (χ0v) is 17.7. The van der Waals surface area contributed by atoms with Crippen LogP contribution >= 0.6 is 0 Å². The van der Waals surface area contributed by atoms with Crippen LogP contribution in [0.2, 0.25) is 0 Å². The van der Waals surface area contributed by atoms with E-state index >= 15 is 0 Å². The Balaban J connectivity index is 1.43. The summed E-state index contributed by atoms with van der Waals surface area (Å²) < 4.78 is 18.6. The molecule has 0 unspecified atom stereocenters. The predicted octanol–water partition coefficient (Wildman–Crippen LogP) is 2.38. The van der Waals surface area contributed by atoms with E-state index in [1.165, 1.54) is 18.2 Å². The molecule has 1 saturated heterocycles. The third kappa shape index (κ3) is 5.88. The fraction of sp³-hybridized carbons (Fsp3) is 0.348. The molecule has 0 aromatic heterocycles. The van der Waals surface area contributed by atoms with E-state index in [0.717, 1.165) is 22.9 Å². The number of hydrogen-bond acceptors (Lipinski definition) is 5. The van der Waals surface area contributed by atoms with Gasteiger partial charge in [0, 0.05) is 31.9 Å². The normalized spacial score (nSPS) is 14.2. The molecular weight excluding hydrogens is 401 g/mol. The Morgan fingerprint density at radius 2 is 1.61 bits per heavy atom. The van der Waals surface area contributed by atoms with Gasteiger partial charge in [0.2, 0.25) is 5.91 Å². The Labute approximate surface area is 180 Å². The van der Waals surface area contributed by atoms with Crippen LogP contribution < -0.4 is 5.32 Å². The van der Waals surface area contributed by atoms with Crippen LogP contribution in [0.15, 0.2) is 42.5 Å². The van der Waals surface area contributed by atoms with Crippen LogP contribution in [0.25, 0.3) is 0 Å². The molecule has 164 valence electrons. The van der Waals surface area contributed by atoms with E-state index in [2.05, 4.69) is 5.32 Å². The van der Waals surface area contributed by atoms with Crippen molar-refractivity contribution in [2.75, 3.05) is 44.6 Å². The number of hydrogen-bond donors (Lipinski definition) is 1. The number of esters is 1. The van der Waals surface area contributed by atoms with Gasteiger partial charge in [-0.1, -0.05) is 30.3 Å². The van der Waals surface area contributed by atoms with E-state index in [-0.39, 0.29) is 23.9 Å². The van der Waals surface area contributed by atoms with E-state index in [1.54, 1.807) is 4.90 Å². The SMILES string of the molecule is Cc1cccc(C)c1NC(=O)CN1CCN(C(=O)COC(=O)c2ccccc2F)CC1. The summed E-state index contributed by atoms with van der Waals surface area (Å²) in [4.78, 5) is 40.2. The van der Waals surface area contributed by atoms with Gasteiger partial charge in [0.05, 0.1) is 12.1 Å². The second-order valence-electron chi connectivity index (χ2n) is 7.53. The Bertz CT molecular complexity index is 951. The van der Waals surface area contributed by atoms with Crippen LogP contribution in [0.1, 0.15) is 21.5 Å². The van der Waals surface area contributed by atoms with Crippen molar-refractivity contribution in [1.82, 2.24) is 9.80 Å². The van der Waals surface area contributed by atoms with Gasteiger partial charge < -0.3 is 15.0 Å². The smallest absolute Gasteiger partial charge is 0.341 e. The second kappa shape index (κ2) is 10.2. The summed E-state index contributed by atoms with van der Waals surface area (Å²) in [6.45, 7) is 5.61. The van der Waals surface area contributed by atoms with Crippen molar-refractivity contribution in [2.24, 2.45) is 0 Å². The molecule has 0 aliphatic carbocycles. The standard InChI is InChI=1S/C23H26FN3O4/c1-16-6-5-7-17(2)22(16)25-20(28)14-26-10-12-27(13-11-26)21(29)15-31-23(30)18-8-3-4-9-19(18)24/h3-9H,10-15H2,1-2H3,(H,25,28). The lowest BCUT2D eigenvalue weighted by atomic mass is 10.1. The lowest BCUT2D eigenvalue weighted by molar-refractivity contribution is -0.136. The maximum atomic E-state index is 13.6. The molecule has 7 nitrogen and oxygen atoms in total. The molecule has 1 aliphatic heterocycles. The van der Waals surface area contributed by atoms with E-state index in [4.69, 9.17) is 4.74 Å². The lowest BCUT2D eigenvalue weighted by Gasteiger charge is -2.34. The minimum Gasteiger partial charge on any atom is -0.452 e. The molecule has 8 heteroatoms. The number of anilines is 1. The molecule has 2 amide bonds. The number of amides is 2. The summed E-state index contributed by atoms with van der Waals surface area (Å²) in [7, 11) is 0. The summed E-state index contributed by atoms with van der Waals surface area (Å²) in [5.41, 5.74) is 2.65. The molecule has 0 spiro atoms. The number of nitrogens with one attached hydrogen (secondary N) is 1. The fourth-order valence-corrected chi connectivity index (χ4v) is 3.47. The summed E-state index contributed by atoms with van der Waals surface area (Å²) in [6, 6.07) is 11.3. The number of nitrogens with zero attached hydrogens (tertiary/aromatic N) is 2. The number of aryl methyl sites for hydroxylation is 2. The highest BCUT2D eigenvalue weighted by molar-refractivity contribution is 5.94. The highest BCUT2D eigenvalue weighted by Crippen LogP contribution is 2.19. The highest BCUT2D eigenvalue weighted by atomic mass is 19.1. The first-order valence-electron chi connectivity index (χ1n) is 10.1. The van der Waals surface area contributed by atoms with E-state index < -0.39 is 18.4 Å². The average Bonchev–Trinajstić information content (AvgIpc) is 2.75. The van der Waals surface area contributed by atoms with Crippen LogP contribution in [0.4, 0.5) is 10.1 Å². The van der Waals surface area contributed by atoms with Crippen molar-refractivity contribution in [1.29, 1.82) is 0 Å². The maximum absolute atomic E-state index is 13.6. The number of benzene rings is 2. The number of halogens is 1. The van der Waals surface area contributed by atoms with Crippen molar-refractivity contribution < 1.29 is 23.5 Å². The zero-order chi connectivity index (χ0) is 22.4. The number of para-hydroxylation sites is 1. The molecule has 1 N–H and O–H groups in total. The Morgan fingerprint density at radius 3 is 2.26 bits per heavy atom. The lowest BCUT2D eigenvalue weighted by Crippen LogP contribution is -2.51. The van der Waals surface area contributed by atoms with Gasteiger partial charge in [-0.15, -0.1) is 0 Å². The van der Waals surface area contributed by atoms with Crippen LogP contribution in [-0.2, 0) is 14.3 Å². The number of carbonyl (C=O) groups excluding carboxylic acids is 3. The molecule has 2 aromatic rings. The van der Waals surface area contributed by atoms with Gasteiger partial charge in [0.15, 0.2) is 6.61 Å². The molecule has 3 rings (SSSR count). The third-order valence-corrected chi connectivity index (χ3v) is 5.26. The van der Waals surface area contributed by atoms with Gasteiger partial charge >= 0.3 is 5.97 Å². The fourth-order valence-electron chi connectivity index (χ4n) is 3.47. The highest BCUT2D eigenvalue weighted by Gasteiger charge is 2.24. The molecule has 1 aliphatic rings. The first-order chi connectivity index (χ1) is 14.8. The van der Waals surface area contributed by atoms with Crippen LogP contribution in [0.3, 0.4) is 0 Å². The van der Waals surface area contributed by atoms with Gasteiger partial charge in [-0.25, -0.2) is 9.18 Å². The Kier molecular flexibility index (Phi) is 7.36. The number of ether oxygens (including phenoxy) is 1. The molecule has 1 heterocycles. The number of piperazine rings is 1. The van der Waals surface area contributed by atoms with E-state index in [9.17, 15) is 18.8 Å². The van der Waals surface area contributed by atoms with Crippen molar-refractivity contribution in [3.63, 3.8) is 0 Å². The van der Waals surface area contributed by atoms with Crippen molar-refractivity contribution in [2.45, 2.75) is 13.8 Å². The van der Waals surface area contributed by atoms with Gasteiger partial charge in [-0.05, 0) is 37.1 Å². The van der Waals surface area contributed by atoms with Gasteiger partial charge in [0.1, 0.15) is 5.82 Å². The monoisotopic (exact) mass is 427 g/mol. The molecule has 0 bridgehead atoms. The number of rotatable bonds is 6. The predicted molar refractivity (Wildman–Crippen MR) is 114 cm³/mol. The molecule has 0 saturated carbocycles. The molecule has 31 heavy (non-hydrogen) atoms. The molecule has 2 aromatic carbocycles. The van der Waals surface area contributed by atoms with Crippen molar-refractivity contribution in [3.05, 3.63) is 65.0 Å². The minimum atomic E-state index is -0.867. The van der Waals surface area contributed by atoms with Crippen LogP contribution in [-0.4, -0.2) is 66.9 Å². The molecule has 0 atom stereocenters. The summed E-state index contributed by atoms with van der Waals surface area (Å²) in [5, 5.41) is 2.96. The first-order valence-corrected chi connectivity index (χ1v) is 10.1. The largest absolute Gasteiger partial charge is 0.452 e. The third-order valence-electron chi connectivity index (χ3n) is 5.26. The van der Waals surface area contributed by atoms with Gasteiger partial charge in [-0.3, -0.25) is 14.5 Å².